The fourth-order valence-corrected chi connectivity index (χ4v) is 3.25. The number of Topliss-reactive ketones (excluding diaryl/α,β-unsaturated/α-hetero) is 2. The van der Waals surface area contributed by atoms with Crippen molar-refractivity contribution in [1.82, 2.24) is 0 Å². The Bertz CT molecular complexity index is 900. The third-order valence-corrected chi connectivity index (χ3v) is 4.40. The minimum absolute atomic E-state index is 0.251. The molecule has 0 N–H and O–H groups in total. The maximum Gasteiger partial charge on any atom is 0.178 e. The number of ketones is 2. The van der Waals surface area contributed by atoms with Gasteiger partial charge in [0.05, 0.1) is 0 Å². The van der Waals surface area contributed by atoms with Crippen LogP contribution in [-0.2, 0) is 0 Å². The van der Waals surface area contributed by atoms with Crippen molar-refractivity contribution in [2.24, 2.45) is 0 Å². The Morgan fingerprint density at radius 2 is 1.00 bits per heavy atom. The first-order valence-corrected chi connectivity index (χ1v) is 7.69. The smallest absolute Gasteiger partial charge is 0.178 e. The van der Waals surface area contributed by atoms with Crippen LogP contribution in [0.1, 0.15) is 32.2 Å². The van der Waals surface area contributed by atoms with Crippen LogP contribution in [0.2, 0.25) is 0 Å². The van der Waals surface area contributed by atoms with E-state index in [2.05, 4.69) is 0 Å². The molecule has 0 saturated carbocycles. The van der Waals surface area contributed by atoms with Gasteiger partial charge in [-0.1, -0.05) is 60.7 Å². The highest BCUT2D eigenvalue weighted by atomic mass is 19.1. The largest absolute Gasteiger partial charge is 0.293 e. The Kier molecular flexibility index (Phi) is 3.35. The van der Waals surface area contributed by atoms with Crippen molar-refractivity contribution in [2.75, 3.05) is 0 Å². The van der Waals surface area contributed by atoms with Gasteiger partial charge in [-0.2, -0.15) is 0 Å². The fourth-order valence-electron chi connectivity index (χ4n) is 3.25. The van der Waals surface area contributed by atoms with Crippen molar-refractivity contribution in [1.29, 1.82) is 0 Å². The molecule has 116 valence electrons. The fraction of sp³-hybridized carbons (Fsp3) is 0.0476. The second-order valence-corrected chi connectivity index (χ2v) is 5.80. The molecule has 4 rings (SSSR count). The van der Waals surface area contributed by atoms with Gasteiger partial charge in [0.15, 0.2) is 11.6 Å². The number of rotatable bonds is 1. The van der Waals surface area contributed by atoms with Crippen molar-refractivity contribution in [3.63, 3.8) is 0 Å². The zero-order valence-electron chi connectivity index (χ0n) is 12.7. The maximum absolute atomic E-state index is 13.2. The highest BCUT2D eigenvalue weighted by molar-refractivity contribution is 6.26. The molecule has 3 aromatic carbocycles. The van der Waals surface area contributed by atoms with E-state index in [1.807, 2.05) is 24.3 Å². The minimum atomic E-state index is -0.949. The molecule has 1 aliphatic carbocycles. The number of benzene rings is 3. The molecule has 2 nitrogen and oxygen atoms in total. The van der Waals surface area contributed by atoms with E-state index in [9.17, 15) is 14.0 Å². The van der Waals surface area contributed by atoms with Gasteiger partial charge in [-0.05, 0) is 28.8 Å². The Hall–Kier alpha value is -3.07. The summed E-state index contributed by atoms with van der Waals surface area (Å²) < 4.78 is 13.2. The summed E-state index contributed by atoms with van der Waals surface area (Å²) in [4.78, 5) is 26.2. The topological polar surface area (TPSA) is 34.1 Å². The van der Waals surface area contributed by atoms with Gasteiger partial charge >= 0.3 is 0 Å². The van der Waals surface area contributed by atoms with E-state index < -0.39 is 11.7 Å². The highest BCUT2D eigenvalue weighted by Crippen LogP contribution is 2.37. The molecule has 0 atom stereocenters. The molecule has 3 heteroatoms. The molecule has 0 fully saturated rings. The van der Waals surface area contributed by atoms with Gasteiger partial charge in [0.25, 0.3) is 0 Å². The molecule has 0 aromatic heterocycles. The molecule has 0 spiro atoms. The summed E-state index contributed by atoms with van der Waals surface area (Å²) in [5, 5.41) is 0. The molecule has 0 radical (unpaired) electrons. The molecule has 0 bridgehead atoms. The number of carbonyl (C=O) groups is 2. The second-order valence-electron chi connectivity index (χ2n) is 5.80. The third-order valence-electron chi connectivity index (χ3n) is 4.40. The molecule has 0 unspecified atom stereocenters. The van der Waals surface area contributed by atoms with Crippen molar-refractivity contribution < 1.29 is 14.0 Å². The van der Waals surface area contributed by atoms with Crippen LogP contribution in [0.4, 0.5) is 4.39 Å². The Morgan fingerprint density at radius 1 is 0.583 bits per heavy atom. The van der Waals surface area contributed by atoms with Crippen LogP contribution in [0.15, 0.2) is 72.8 Å². The Labute approximate surface area is 138 Å². The van der Waals surface area contributed by atoms with Gasteiger partial charge < -0.3 is 0 Å². The average molecular weight is 316 g/mol. The lowest BCUT2D eigenvalue weighted by Crippen LogP contribution is -2.21. The summed E-state index contributed by atoms with van der Waals surface area (Å²) >= 11 is 0. The van der Waals surface area contributed by atoms with E-state index in [1.54, 1.807) is 24.3 Å². The number of hydrogen-bond donors (Lipinski definition) is 0. The molecular formula is C21H13FO2. The second kappa shape index (κ2) is 5.53. The molecule has 0 aliphatic heterocycles. The molecule has 3 aromatic rings. The summed E-state index contributed by atoms with van der Waals surface area (Å²) in [5.41, 5.74) is 3.07. The van der Waals surface area contributed by atoms with Crippen molar-refractivity contribution in [3.05, 3.63) is 95.3 Å². The zero-order chi connectivity index (χ0) is 16.7. The van der Waals surface area contributed by atoms with Gasteiger partial charge in [0.1, 0.15) is 11.7 Å². The lowest BCUT2D eigenvalue weighted by Gasteiger charge is -2.13. The van der Waals surface area contributed by atoms with Gasteiger partial charge in [0, 0.05) is 11.1 Å². The Balaban J connectivity index is 2.00. The van der Waals surface area contributed by atoms with E-state index in [0.717, 1.165) is 11.1 Å². The first-order valence-electron chi connectivity index (χ1n) is 7.69. The van der Waals surface area contributed by atoms with E-state index in [0.29, 0.717) is 16.7 Å². The van der Waals surface area contributed by atoms with Crippen molar-refractivity contribution >= 4 is 11.6 Å². The van der Waals surface area contributed by atoms with E-state index in [1.165, 1.54) is 24.3 Å². The van der Waals surface area contributed by atoms with E-state index in [4.69, 9.17) is 0 Å². The molecule has 0 heterocycles. The first-order chi connectivity index (χ1) is 11.7. The van der Waals surface area contributed by atoms with Gasteiger partial charge in [-0.25, -0.2) is 4.39 Å². The lowest BCUT2D eigenvalue weighted by molar-refractivity contribution is 0.0863. The van der Waals surface area contributed by atoms with Crippen LogP contribution in [0.5, 0.6) is 0 Å². The summed E-state index contributed by atoms with van der Waals surface area (Å²) in [6.45, 7) is 0. The predicted molar refractivity (Wildman–Crippen MR) is 89.7 cm³/mol. The SMILES string of the molecule is O=C1c2ccccc2-c2ccccc2C(=O)C1c1ccc(F)cc1. The van der Waals surface area contributed by atoms with Crippen LogP contribution in [0.25, 0.3) is 11.1 Å². The quantitative estimate of drug-likeness (QED) is 0.612. The summed E-state index contributed by atoms with van der Waals surface area (Å²) in [5.74, 6) is -1.85. The van der Waals surface area contributed by atoms with E-state index in [-0.39, 0.29) is 11.6 Å². The first kappa shape index (κ1) is 14.5. The minimum Gasteiger partial charge on any atom is -0.293 e. The number of fused-ring (bicyclic) bond motifs is 3. The molecule has 0 saturated heterocycles. The van der Waals surface area contributed by atoms with Gasteiger partial charge in [0.2, 0.25) is 0 Å². The van der Waals surface area contributed by atoms with E-state index >= 15 is 0 Å². The standard InChI is InChI=1S/C21H13FO2/c22-14-11-9-13(10-12-14)19-20(23)17-7-3-1-5-15(17)16-6-2-4-8-18(16)21(19)24/h1-12,19H. The Morgan fingerprint density at radius 3 is 1.46 bits per heavy atom. The summed E-state index contributed by atoms with van der Waals surface area (Å²) in [6, 6.07) is 20.0. The number of hydrogen-bond acceptors (Lipinski definition) is 2. The predicted octanol–water partition coefficient (Wildman–Crippen LogP) is 4.66. The normalized spacial score (nSPS) is 14.0. The van der Waals surface area contributed by atoms with Crippen LogP contribution in [0, 0.1) is 5.82 Å². The number of halogens is 1. The maximum atomic E-state index is 13.2. The number of carbonyl (C=O) groups excluding carboxylic acids is 2. The van der Waals surface area contributed by atoms with Crippen molar-refractivity contribution in [3.8, 4) is 11.1 Å². The van der Waals surface area contributed by atoms with Crippen LogP contribution in [0.3, 0.4) is 0 Å². The van der Waals surface area contributed by atoms with Gasteiger partial charge in [-0.3, -0.25) is 9.59 Å². The molecule has 0 amide bonds. The monoisotopic (exact) mass is 316 g/mol. The zero-order valence-corrected chi connectivity index (χ0v) is 12.7. The highest BCUT2D eigenvalue weighted by Gasteiger charge is 2.35. The van der Waals surface area contributed by atoms with Crippen LogP contribution in [-0.4, -0.2) is 11.6 Å². The lowest BCUT2D eigenvalue weighted by atomic mass is 9.86. The van der Waals surface area contributed by atoms with Crippen LogP contribution >= 0.6 is 0 Å². The van der Waals surface area contributed by atoms with Crippen LogP contribution < -0.4 is 0 Å². The molecule has 1 aliphatic rings. The molecular weight excluding hydrogens is 303 g/mol. The average Bonchev–Trinajstić information content (AvgIpc) is 2.71. The van der Waals surface area contributed by atoms with Gasteiger partial charge in [-0.15, -0.1) is 0 Å². The van der Waals surface area contributed by atoms with Crippen molar-refractivity contribution in [2.45, 2.75) is 5.92 Å². The summed E-state index contributed by atoms with van der Waals surface area (Å²) in [7, 11) is 0. The third kappa shape index (κ3) is 2.17. The molecule has 24 heavy (non-hydrogen) atoms. The summed E-state index contributed by atoms with van der Waals surface area (Å²) in [6.07, 6.45) is 0.